The molecule has 1 heterocycles. The normalized spacial score (nSPS) is 23.5. The lowest BCUT2D eigenvalue weighted by atomic mass is 9.83. The Kier molecular flexibility index (Phi) is 12.9. The van der Waals surface area contributed by atoms with Gasteiger partial charge in [-0.15, -0.1) is 0 Å². The Morgan fingerprint density at radius 1 is 1.21 bits per heavy atom. The van der Waals surface area contributed by atoms with Gasteiger partial charge in [-0.05, 0) is 84.0 Å². The highest BCUT2D eigenvalue weighted by Crippen LogP contribution is 2.41. The number of hydrogen-bond donors (Lipinski definition) is 7. The molecule has 7 atom stereocenters. The van der Waals surface area contributed by atoms with Crippen LogP contribution in [0.2, 0.25) is 5.02 Å². The molecule has 1 aliphatic heterocycles. The van der Waals surface area contributed by atoms with Crippen molar-refractivity contribution in [2.24, 2.45) is 28.3 Å². The number of amides is 3. The van der Waals surface area contributed by atoms with Crippen LogP contribution in [0.3, 0.4) is 0 Å². The van der Waals surface area contributed by atoms with Gasteiger partial charge in [-0.1, -0.05) is 31.9 Å². The molecule has 12 nitrogen and oxygen atoms in total. The van der Waals surface area contributed by atoms with E-state index in [-0.39, 0.29) is 46.9 Å². The summed E-state index contributed by atoms with van der Waals surface area (Å²) in [6.07, 6.45) is 1.87. The molecule has 0 aromatic heterocycles. The van der Waals surface area contributed by atoms with E-state index >= 15 is 0 Å². The van der Waals surface area contributed by atoms with Gasteiger partial charge in [0.05, 0.1) is 15.6 Å². The van der Waals surface area contributed by atoms with Crippen LogP contribution < -0.4 is 22.1 Å². The Labute approximate surface area is 265 Å². The Balaban J connectivity index is 1.76. The molecule has 1 saturated carbocycles. The first-order valence-corrected chi connectivity index (χ1v) is 16.0. The van der Waals surface area contributed by atoms with E-state index in [2.05, 4.69) is 31.6 Å². The topological polar surface area (TPSA) is 204 Å². The van der Waals surface area contributed by atoms with E-state index in [0.29, 0.717) is 68.1 Å². The summed E-state index contributed by atoms with van der Waals surface area (Å²) < 4.78 is 0.326. The zero-order valence-corrected chi connectivity index (χ0v) is 27.0. The summed E-state index contributed by atoms with van der Waals surface area (Å²) in [7, 11) is 0. The number of phenols is 1. The number of benzene rings is 1. The van der Waals surface area contributed by atoms with Gasteiger partial charge in [-0.25, -0.2) is 0 Å². The van der Waals surface area contributed by atoms with Crippen molar-refractivity contribution in [1.29, 1.82) is 0 Å². The second kappa shape index (κ2) is 15.9. The summed E-state index contributed by atoms with van der Waals surface area (Å²) in [6, 6.07) is 0.944. The number of nitrogens with zero attached hydrogens (tertiary/aromatic N) is 2. The van der Waals surface area contributed by atoms with E-state index < -0.39 is 36.1 Å². The van der Waals surface area contributed by atoms with Crippen LogP contribution in [0, 0.1) is 11.8 Å². The second-order valence-electron chi connectivity index (χ2n) is 11.6. The van der Waals surface area contributed by atoms with Gasteiger partial charge < -0.3 is 42.3 Å². The van der Waals surface area contributed by atoms with Gasteiger partial charge in [0.15, 0.2) is 5.96 Å². The second-order valence-corrected chi connectivity index (χ2v) is 12.9. The Bertz CT molecular complexity index is 1160. The van der Waals surface area contributed by atoms with Crippen LogP contribution in [0.15, 0.2) is 21.6 Å². The van der Waals surface area contributed by atoms with Gasteiger partial charge in [0, 0.05) is 25.6 Å². The third-order valence-electron chi connectivity index (χ3n) is 8.47. The molecule has 0 bridgehead atoms. The first kappa shape index (κ1) is 34.9. The Morgan fingerprint density at radius 3 is 2.58 bits per heavy atom. The average Bonchev–Trinajstić information content (AvgIpc) is 3.33. The van der Waals surface area contributed by atoms with E-state index in [4.69, 9.17) is 23.1 Å². The molecule has 240 valence electrons. The monoisotopic (exact) mass is 686 g/mol. The molecule has 1 aromatic rings. The molecule has 7 unspecified atom stereocenters. The number of aliphatic hydroxyl groups is 2. The number of carbonyl (C=O) groups is 3. The fourth-order valence-corrected chi connectivity index (χ4v) is 6.77. The maximum atomic E-state index is 14.2. The van der Waals surface area contributed by atoms with Gasteiger partial charge >= 0.3 is 0 Å². The molecule has 2 fully saturated rings. The smallest absolute Gasteiger partial charge is 0.249 e. The quantitative estimate of drug-likeness (QED) is 0.0919. The molecule has 2 aliphatic rings. The van der Waals surface area contributed by atoms with E-state index in [1.165, 1.54) is 6.07 Å². The molecular formula is C29H44BrClN6O6. The van der Waals surface area contributed by atoms with Crippen molar-refractivity contribution in [3.8, 4) is 5.75 Å². The van der Waals surface area contributed by atoms with Crippen molar-refractivity contribution >= 4 is 51.2 Å². The summed E-state index contributed by atoms with van der Waals surface area (Å²) >= 11 is 9.23. The fourth-order valence-electron chi connectivity index (χ4n) is 5.90. The maximum absolute atomic E-state index is 14.2. The number of halogens is 2. The number of aliphatic imine (C=N–C) groups is 1. The van der Waals surface area contributed by atoms with Crippen LogP contribution in [0.5, 0.6) is 5.75 Å². The van der Waals surface area contributed by atoms with E-state index in [1.54, 1.807) is 11.0 Å². The summed E-state index contributed by atoms with van der Waals surface area (Å²) in [5.41, 5.74) is 11.2. The lowest BCUT2D eigenvalue weighted by Gasteiger charge is -2.38. The number of aliphatic hydroxyl groups excluding tert-OH is 2. The zero-order chi connectivity index (χ0) is 31.8. The number of unbranched alkanes of at least 4 members (excludes halogenated alkanes) is 1. The first-order valence-electron chi connectivity index (χ1n) is 14.8. The van der Waals surface area contributed by atoms with E-state index in [1.807, 2.05) is 13.8 Å². The van der Waals surface area contributed by atoms with Crippen molar-refractivity contribution in [3.63, 3.8) is 0 Å². The lowest BCUT2D eigenvalue weighted by Crippen LogP contribution is -2.59. The molecule has 1 aliphatic carbocycles. The van der Waals surface area contributed by atoms with Gasteiger partial charge in [0.1, 0.15) is 23.9 Å². The molecule has 14 heteroatoms. The van der Waals surface area contributed by atoms with Crippen molar-refractivity contribution in [2.45, 2.75) is 95.5 Å². The molecule has 0 radical (unpaired) electrons. The molecule has 1 saturated heterocycles. The number of guanidine groups is 1. The minimum Gasteiger partial charge on any atom is -0.505 e. The van der Waals surface area contributed by atoms with E-state index in [0.717, 1.165) is 0 Å². The number of fused-ring (bicyclic) bond motifs is 1. The molecule has 9 N–H and O–H groups in total. The zero-order valence-electron chi connectivity index (χ0n) is 24.6. The predicted octanol–water partition coefficient (Wildman–Crippen LogP) is 1.54. The van der Waals surface area contributed by atoms with Gasteiger partial charge in [0.2, 0.25) is 17.7 Å². The lowest BCUT2D eigenvalue weighted by molar-refractivity contribution is -0.146. The van der Waals surface area contributed by atoms with Crippen molar-refractivity contribution in [2.75, 3.05) is 13.1 Å². The number of likely N-dealkylation sites (tertiary alicyclic amines) is 1. The van der Waals surface area contributed by atoms with Crippen molar-refractivity contribution < 1.29 is 29.7 Å². The number of carbonyl (C=O) groups excluding carboxylic acids is 3. The van der Waals surface area contributed by atoms with Crippen LogP contribution in [0.4, 0.5) is 0 Å². The molecule has 3 rings (SSSR count). The van der Waals surface area contributed by atoms with Crippen LogP contribution in [0.1, 0.15) is 64.4 Å². The van der Waals surface area contributed by atoms with Gasteiger partial charge in [-0.2, -0.15) is 0 Å². The van der Waals surface area contributed by atoms with Crippen LogP contribution in [-0.4, -0.2) is 87.3 Å². The number of hydrogen-bond acceptors (Lipinski definition) is 7. The summed E-state index contributed by atoms with van der Waals surface area (Å²) in [5.74, 6) is -1.78. The highest BCUT2D eigenvalue weighted by Gasteiger charge is 2.50. The minimum atomic E-state index is -1.49. The predicted molar refractivity (Wildman–Crippen MR) is 167 cm³/mol. The highest BCUT2D eigenvalue weighted by molar-refractivity contribution is 9.10. The summed E-state index contributed by atoms with van der Waals surface area (Å²) in [6.45, 7) is 4.58. The van der Waals surface area contributed by atoms with Crippen LogP contribution >= 0.6 is 27.5 Å². The highest BCUT2D eigenvalue weighted by atomic mass is 79.9. The van der Waals surface area contributed by atoms with Crippen LogP contribution in [-0.2, 0) is 20.8 Å². The molecule has 3 amide bonds. The summed E-state index contributed by atoms with van der Waals surface area (Å²) in [5, 5.41) is 36.8. The number of phenolic OH excluding ortho intramolecular Hbond substituents is 1. The van der Waals surface area contributed by atoms with Crippen molar-refractivity contribution in [3.05, 3.63) is 27.2 Å². The average molecular weight is 688 g/mol. The minimum absolute atomic E-state index is 0.0160. The SMILES string of the molecule is CCC(C)C(NC(=O)C(O)Cc1cc(Cl)c(O)c(Br)c1)C(=O)N1C(C(=O)NCCCCN=C(N)N)CC2CCC(O)CC21. The van der Waals surface area contributed by atoms with Gasteiger partial charge in [0.25, 0.3) is 0 Å². The molecule has 1 aromatic carbocycles. The number of nitrogens with one attached hydrogen (secondary N) is 2. The maximum Gasteiger partial charge on any atom is 0.249 e. The number of rotatable bonds is 13. The fraction of sp³-hybridized carbons (Fsp3) is 0.655. The molecular weight excluding hydrogens is 644 g/mol. The van der Waals surface area contributed by atoms with Crippen LogP contribution in [0.25, 0.3) is 0 Å². The standard InChI is InChI=1S/C29H44BrClN6O6/c1-3-15(2)24(36-27(42)23(39)12-16-10-19(30)25(40)20(31)11-16)28(43)37-21-14-18(38)7-6-17(21)13-22(37)26(41)34-8-4-5-9-35-29(32)33/h10-11,15,17-18,21-24,38-40H,3-9,12-14H2,1-2H3,(H,34,41)(H,36,42)(H4,32,33,35). The number of aromatic hydroxyl groups is 1. The summed E-state index contributed by atoms with van der Waals surface area (Å²) in [4.78, 5) is 46.3. The number of nitrogens with two attached hydrogens (primary N) is 2. The Hall–Kier alpha value is -2.61. The van der Waals surface area contributed by atoms with Gasteiger partial charge in [-0.3, -0.25) is 19.4 Å². The van der Waals surface area contributed by atoms with E-state index in [9.17, 15) is 29.7 Å². The third-order valence-corrected chi connectivity index (χ3v) is 9.36. The Morgan fingerprint density at radius 2 is 1.93 bits per heavy atom. The first-order chi connectivity index (χ1) is 20.3. The largest absolute Gasteiger partial charge is 0.505 e. The third kappa shape index (κ3) is 9.19. The van der Waals surface area contributed by atoms with Crippen molar-refractivity contribution in [1.82, 2.24) is 15.5 Å². The molecule has 0 spiro atoms. The molecule has 43 heavy (non-hydrogen) atoms.